The first-order valence-corrected chi connectivity index (χ1v) is 6.98. The maximum absolute atomic E-state index is 4.48. The molecule has 0 aliphatic carbocycles. The number of aromatic amines is 1. The summed E-state index contributed by atoms with van der Waals surface area (Å²) in [5, 5.41) is 13.7. The fourth-order valence-corrected chi connectivity index (χ4v) is 2.42. The van der Waals surface area contributed by atoms with Gasteiger partial charge in [0.25, 0.3) is 0 Å². The zero-order valence-electron chi connectivity index (χ0n) is 11.7. The van der Waals surface area contributed by atoms with Crippen LogP contribution < -0.4 is 0 Å². The third kappa shape index (κ3) is 2.18. The highest BCUT2D eigenvalue weighted by molar-refractivity contribution is 5.98. The Morgan fingerprint density at radius 2 is 1.82 bits per heavy atom. The van der Waals surface area contributed by atoms with Crippen LogP contribution in [0.3, 0.4) is 0 Å². The van der Waals surface area contributed by atoms with E-state index in [1.807, 2.05) is 60.9 Å². The SMILES string of the molecule is C(=N\n1cnnc1-c1ccccc1)/c1c[nH]c2ccccc12. The first-order chi connectivity index (χ1) is 10.9. The Balaban J connectivity index is 1.71. The van der Waals surface area contributed by atoms with Crippen LogP contribution in [0.2, 0.25) is 0 Å². The Morgan fingerprint density at radius 3 is 2.73 bits per heavy atom. The zero-order valence-corrected chi connectivity index (χ0v) is 11.7. The van der Waals surface area contributed by atoms with Crippen LogP contribution in [0.25, 0.3) is 22.3 Å². The average molecular weight is 287 g/mol. The number of fused-ring (bicyclic) bond motifs is 1. The van der Waals surface area contributed by atoms with Crippen LogP contribution in [0.5, 0.6) is 0 Å². The Labute approximate surface area is 126 Å². The van der Waals surface area contributed by atoms with Crippen LogP contribution in [0.4, 0.5) is 0 Å². The van der Waals surface area contributed by atoms with Crippen LogP contribution in [-0.4, -0.2) is 26.1 Å². The van der Waals surface area contributed by atoms with Gasteiger partial charge in [-0.1, -0.05) is 48.5 Å². The van der Waals surface area contributed by atoms with E-state index in [9.17, 15) is 0 Å². The molecule has 0 saturated carbocycles. The van der Waals surface area contributed by atoms with Gasteiger partial charge in [0.15, 0.2) is 5.82 Å². The predicted molar refractivity (Wildman–Crippen MR) is 86.7 cm³/mol. The van der Waals surface area contributed by atoms with Gasteiger partial charge in [-0.3, -0.25) is 0 Å². The van der Waals surface area contributed by atoms with Crippen LogP contribution in [0.1, 0.15) is 5.56 Å². The van der Waals surface area contributed by atoms with Gasteiger partial charge in [0.2, 0.25) is 0 Å². The molecule has 0 aliphatic heterocycles. The lowest BCUT2D eigenvalue weighted by Gasteiger charge is -1.99. The van der Waals surface area contributed by atoms with E-state index in [0.717, 1.165) is 27.9 Å². The maximum Gasteiger partial charge on any atom is 0.184 e. The molecule has 2 heterocycles. The third-order valence-electron chi connectivity index (χ3n) is 3.50. The molecule has 4 rings (SSSR count). The maximum atomic E-state index is 4.48. The molecule has 0 radical (unpaired) electrons. The summed E-state index contributed by atoms with van der Waals surface area (Å²) in [6.07, 6.45) is 5.36. The highest BCUT2D eigenvalue weighted by Gasteiger charge is 2.06. The molecule has 0 saturated heterocycles. The summed E-state index contributed by atoms with van der Waals surface area (Å²) in [7, 11) is 0. The number of para-hydroxylation sites is 1. The van der Waals surface area contributed by atoms with E-state index < -0.39 is 0 Å². The number of rotatable bonds is 3. The standard InChI is InChI=1S/C17H13N5/c1-2-6-13(7-3-1)17-21-19-12-22(17)20-11-14-10-18-16-9-5-4-8-15(14)16/h1-12,18H/b20-11+. The van der Waals surface area contributed by atoms with Crippen molar-refractivity contribution in [3.05, 3.63) is 72.7 Å². The average Bonchev–Trinajstić information content (AvgIpc) is 3.20. The van der Waals surface area contributed by atoms with E-state index in [1.54, 1.807) is 11.0 Å². The molecular formula is C17H13N5. The fourth-order valence-electron chi connectivity index (χ4n) is 2.42. The van der Waals surface area contributed by atoms with Crippen molar-refractivity contribution in [2.75, 3.05) is 0 Å². The van der Waals surface area contributed by atoms with Crippen molar-refractivity contribution in [1.29, 1.82) is 0 Å². The van der Waals surface area contributed by atoms with E-state index in [2.05, 4.69) is 26.3 Å². The Hall–Kier alpha value is -3.21. The molecule has 22 heavy (non-hydrogen) atoms. The zero-order chi connectivity index (χ0) is 14.8. The van der Waals surface area contributed by atoms with Gasteiger partial charge < -0.3 is 4.98 Å². The summed E-state index contributed by atoms with van der Waals surface area (Å²) in [6, 6.07) is 18.0. The van der Waals surface area contributed by atoms with Crippen molar-refractivity contribution in [2.24, 2.45) is 5.10 Å². The third-order valence-corrected chi connectivity index (χ3v) is 3.50. The molecule has 0 spiro atoms. The van der Waals surface area contributed by atoms with Crippen molar-refractivity contribution >= 4 is 17.1 Å². The van der Waals surface area contributed by atoms with Gasteiger partial charge in [0, 0.05) is 28.2 Å². The molecule has 0 bridgehead atoms. The Morgan fingerprint density at radius 1 is 1.00 bits per heavy atom. The number of nitrogens with zero attached hydrogens (tertiary/aromatic N) is 4. The van der Waals surface area contributed by atoms with Crippen molar-refractivity contribution in [3.63, 3.8) is 0 Å². The number of hydrogen-bond donors (Lipinski definition) is 1. The normalized spacial score (nSPS) is 11.5. The van der Waals surface area contributed by atoms with Gasteiger partial charge in [-0.2, -0.15) is 9.78 Å². The first kappa shape index (κ1) is 12.5. The minimum atomic E-state index is 0.719. The second-order valence-electron chi connectivity index (χ2n) is 4.90. The highest BCUT2D eigenvalue weighted by Crippen LogP contribution is 2.17. The lowest BCUT2D eigenvalue weighted by Crippen LogP contribution is -1.93. The Kier molecular flexibility index (Phi) is 3.01. The summed E-state index contributed by atoms with van der Waals surface area (Å²) in [4.78, 5) is 3.23. The Bertz CT molecular complexity index is 934. The molecule has 0 aliphatic rings. The highest BCUT2D eigenvalue weighted by atomic mass is 15.4. The monoisotopic (exact) mass is 287 g/mol. The summed E-state index contributed by atoms with van der Waals surface area (Å²) in [6.45, 7) is 0. The first-order valence-electron chi connectivity index (χ1n) is 6.98. The van der Waals surface area contributed by atoms with Crippen LogP contribution in [0.15, 0.2) is 72.2 Å². The molecule has 5 nitrogen and oxygen atoms in total. The summed E-state index contributed by atoms with van der Waals surface area (Å²) in [5.74, 6) is 0.719. The summed E-state index contributed by atoms with van der Waals surface area (Å²) >= 11 is 0. The fraction of sp³-hybridized carbons (Fsp3) is 0. The second-order valence-corrected chi connectivity index (χ2v) is 4.90. The molecule has 5 heteroatoms. The molecule has 0 atom stereocenters. The van der Waals surface area contributed by atoms with Gasteiger partial charge in [-0.05, 0) is 6.07 Å². The van der Waals surface area contributed by atoms with Crippen molar-refractivity contribution < 1.29 is 0 Å². The minimum Gasteiger partial charge on any atom is -0.361 e. The summed E-state index contributed by atoms with van der Waals surface area (Å²) < 4.78 is 1.68. The lowest BCUT2D eigenvalue weighted by atomic mass is 10.2. The summed E-state index contributed by atoms with van der Waals surface area (Å²) in [5.41, 5.74) is 3.11. The van der Waals surface area contributed by atoms with E-state index in [1.165, 1.54) is 0 Å². The van der Waals surface area contributed by atoms with E-state index in [-0.39, 0.29) is 0 Å². The second kappa shape index (κ2) is 5.29. The van der Waals surface area contributed by atoms with Crippen LogP contribution in [0, 0.1) is 0 Å². The number of benzene rings is 2. The molecular weight excluding hydrogens is 274 g/mol. The van der Waals surface area contributed by atoms with Crippen molar-refractivity contribution in [3.8, 4) is 11.4 Å². The van der Waals surface area contributed by atoms with E-state index in [4.69, 9.17) is 0 Å². The molecule has 4 aromatic rings. The smallest absolute Gasteiger partial charge is 0.184 e. The van der Waals surface area contributed by atoms with Crippen LogP contribution in [-0.2, 0) is 0 Å². The molecule has 1 N–H and O–H groups in total. The number of nitrogens with one attached hydrogen (secondary N) is 1. The van der Waals surface area contributed by atoms with Gasteiger partial charge in [-0.25, -0.2) is 0 Å². The predicted octanol–water partition coefficient (Wildman–Crippen LogP) is 3.31. The molecule has 0 fully saturated rings. The topological polar surface area (TPSA) is 58.9 Å². The van der Waals surface area contributed by atoms with Gasteiger partial charge >= 0.3 is 0 Å². The minimum absolute atomic E-state index is 0.719. The molecule has 0 unspecified atom stereocenters. The van der Waals surface area contributed by atoms with Gasteiger partial charge in [-0.15, -0.1) is 10.2 Å². The van der Waals surface area contributed by atoms with E-state index in [0.29, 0.717) is 0 Å². The molecule has 2 aromatic carbocycles. The molecule has 106 valence electrons. The number of aromatic nitrogens is 4. The number of H-pyrrole nitrogens is 1. The van der Waals surface area contributed by atoms with Gasteiger partial charge in [0.05, 0.1) is 6.21 Å². The molecule has 0 amide bonds. The van der Waals surface area contributed by atoms with Crippen molar-refractivity contribution in [1.82, 2.24) is 19.9 Å². The van der Waals surface area contributed by atoms with Crippen molar-refractivity contribution in [2.45, 2.75) is 0 Å². The number of hydrogen-bond acceptors (Lipinski definition) is 3. The van der Waals surface area contributed by atoms with E-state index >= 15 is 0 Å². The van der Waals surface area contributed by atoms with Crippen LogP contribution >= 0.6 is 0 Å². The quantitative estimate of drug-likeness (QED) is 0.588. The van der Waals surface area contributed by atoms with Gasteiger partial charge in [0.1, 0.15) is 6.33 Å². The largest absolute Gasteiger partial charge is 0.361 e. The molecule has 2 aromatic heterocycles. The lowest BCUT2D eigenvalue weighted by molar-refractivity contribution is 0.888.